The van der Waals surface area contributed by atoms with Crippen molar-refractivity contribution in [3.63, 3.8) is 0 Å². The van der Waals surface area contributed by atoms with Gasteiger partial charge in [-0.15, -0.1) is 0 Å². The molecule has 0 bridgehead atoms. The SMILES string of the molecule is COc1ccc(-c2c3c4cc(OC)c(O)cc4[nH]c(=O)c3n3ccc4cc(O)c(OC)cc4c23)cc1O. The highest BCUT2D eigenvalue weighted by Gasteiger charge is 2.23. The molecule has 4 N–H and O–H groups in total. The maximum atomic E-state index is 13.5. The number of benzene rings is 3. The second-order valence-corrected chi connectivity index (χ2v) is 8.65. The fourth-order valence-electron chi connectivity index (χ4n) is 5.08. The van der Waals surface area contributed by atoms with Crippen molar-refractivity contribution in [1.29, 1.82) is 0 Å². The molecule has 0 fully saturated rings. The minimum atomic E-state index is -0.365. The fraction of sp³-hybridized carbons (Fsp3) is 0.107. The molecular formula is C28H22N2O7. The maximum Gasteiger partial charge on any atom is 0.273 e. The smallest absolute Gasteiger partial charge is 0.273 e. The van der Waals surface area contributed by atoms with E-state index in [0.29, 0.717) is 44.2 Å². The third kappa shape index (κ3) is 3.14. The third-order valence-corrected chi connectivity index (χ3v) is 6.73. The Morgan fingerprint density at radius 3 is 2.05 bits per heavy atom. The molecule has 3 aromatic heterocycles. The summed E-state index contributed by atoms with van der Waals surface area (Å²) in [7, 11) is 4.39. The van der Waals surface area contributed by atoms with E-state index >= 15 is 0 Å². The van der Waals surface area contributed by atoms with E-state index in [1.807, 2.05) is 0 Å². The van der Waals surface area contributed by atoms with Gasteiger partial charge in [-0.05, 0) is 47.3 Å². The van der Waals surface area contributed by atoms with E-state index in [2.05, 4.69) is 4.98 Å². The Morgan fingerprint density at radius 2 is 1.38 bits per heavy atom. The van der Waals surface area contributed by atoms with Crippen molar-refractivity contribution >= 4 is 38.1 Å². The Morgan fingerprint density at radius 1 is 0.730 bits per heavy atom. The van der Waals surface area contributed by atoms with Gasteiger partial charge in [0, 0.05) is 34.0 Å². The lowest BCUT2D eigenvalue weighted by atomic mass is 9.97. The lowest BCUT2D eigenvalue weighted by molar-refractivity contribution is 0.373. The first-order valence-electron chi connectivity index (χ1n) is 11.3. The van der Waals surface area contributed by atoms with Gasteiger partial charge in [0.05, 0.1) is 32.4 Å². The van der Waals surface area contributed by atoms with Crippen LogP contribution < -0.4 is 19.8 Å². The van der Waals surface area contributed by atoms with Crippen LogP contribution in [0.25, 0.3) is 49.2 Å². The number of methoxy groups -OCH3 is 3. The summed E-state index contributed by atoms with van der Waals surface area (Å²) in [5.74, 6) is 0.649. The summed E-state index contributed by atoms with van der Waals surface area (Å²) in [4.78, 5) is 16.3. The molecule has 0 aliphatic carbocycles. The molecule has 0 spiro atoms. The lowest BCUT2D eigenvalue weighted by Gasteiger charge is -2.11. The fourth-order valence-corrected chi connectivity index (χ4v) is 5.08. The van der Waals surface area contributed by atoms with Gasteiger partial charge in [0.2, 0.25) is 0 Å². The first kappa shape index (κ1) is 22.4. The highest BCUT2D eigenvalue weighted by Crippen LogP contribution is 2.45. The summed E-state index contributed by atoms with van der Waals surface area (Å²) >= 11 is 0. The zero-order valence-corrected chi connectivity index (χ0v) is 20.1. The number of aromatic nitrogens is 2. The van der Waals surface area contributed by atoms with Crippen LogP contribution in [-0.2, 0) is 0 Å². The van der Waals surface area contributed by atoms with Crippen molar-refractivity contribution in [2.75, 3.05) is 21.3 Å². The summed E-state index contributed by atoms with van der Waals surface area (Å²) < 4.78 is 17.8. The Labute approximate surface area is 209 Å². The monoisotopic (exact) mass is 498 g/mol. The molecule has 0 saturated heterocycles. The number of hydrogen-bond donors (Lipinski definition) is 4. The molecule has 0 radical (unpaired) electrons. The molecule has 9 nitrogen and oxygen atoms in total. The second kappa shape index (κ2) is 7.99. The molecule has 0 saturated carbocycles. The van der Waals surface area contributed by atoms with Gasteiger partial charge in [0.1, 0.15) is 5.52 Å². The van der Waals surface area contributed by atoms with Gasteiger partial charge in [0.25, 0.3) is 5.56 Å². The van der Waals surface area contributed by atoms with Crippen molar-refractivity contribution < 1.29 is 29.5 Å². The molecule has 3 aromatic carbocycles. The number of phenolic OH excluding ortho intramolecular Hbond substituents is 3. The first-order chi connectivity index (χ1) is 17.9. The second-order valence-electron chi connectivity index (χ2n) is 8.65. The van der Waals surface area contributed by atoms with Crippen LogP contribution in [0.2, 0.25) is 0 Å². The highest BCUT2D eigenvalue weighted by atomic mass is 16.5. The number of aromatic amines is 1. The minimum Gasteiger partial charge on any atom is -0.504 e. The van der Waals surface area contributed by atoms with Gasteiger partial charge in [-0.3, -0.25) is 4.79 Å². The summed E-state index contributed by atoms with van der Waals surface area (Å²) in [6.07, 6.45) is 1.76. The van der Waals surface area contributed by atoms with E-state index < -0.39 is 0 Å². The number of nitrogens with zero attached hydrogens (tertiary/aromatic N) is 1. The predicted molar refractivity (Wildman–Crippen MR) is 141 cm³/mol. The molecule has 3 heterocycles. The molecule has 0 aliphatic heterocycles. The average molecular weight is 498 g/mol. The van der Waals surface area contributed by atoms with E-state index in [-0.39, 0.29) is 34.3 Å². The summed E-state index contributed by atoms with van der Waals surface area (Å²) in [5, 5.41) is 34.1. The Bertz CT molecular complexity index is 1950. The highest BCUT2D eigenvalue weighted by molar-refractivity contribution is 6.22. The number of nitrogens with one attached hydrogen (secondary N) is 1. The Hall–Kier alpha value is -5.05. The van der Waals surface area contributed by atoms with Crippen molar-refractivity contribution in [3.05, 3.63) is 65.1 Å². The van der Waals surface area contributed by atoms with Crippen molar-refractivity contribution in [2.24, 2.45) is 0 Å². The maximum absolute atomic E-state index is 13.5. The van der Waals surface area contributed by atoms with Crippen LogP contribution >= 0.6 is 0 Å². The number of H-pyrrole nitrogens is 1. The minimum absolute atomic E-state index is 0.0115. The number of hydrogen-bond acceptors (Lipinski definition) is 7. The predicted octanol–water partition coefficient (Wildman–Crippen LogP) is 4.90. The van der Waals surface area contributed by atoms with Crippen LogP contribution in [-0.4, -0.2) is 46.0 Å². The molecule has 0 amide bonds. The summed E-state index contributed by atoms with van der Waals surface area (Å²) in [6, 6.07) is 13.3. The average Bonchev–Trinajstić information content (AvgIpc) is 3.24. The molecule has 0 atom stereocenters. The van der Waals surface area contributed by atoms with Gasteiger partial charge in [0.15, 0.2) is 34.5 Å². The first-order valence-corrected chi connectivity index (χ1v) is 11.3. The van der Waals surface area contributed by atoms with Crippen LogP contribution in [0.5, 0.6) is 34.5 Å². The number of phenols is 3. The Kier molecular flexibility index (Phi) is 4.84. The van der Waals surface area contributed by atoms with Gasteiger partial charge in [-0.1, -0.05) is 6.07 Å². The third-order valence-electron chi connectivity index (χ3n) is 6.73. The van der Waals surface area contributed by atoms with Gasteiger partial charge >= 0.3 is 0 Å². The van der Waals surface area contributed by atoms with Gasteiger partial charge < -0.3 is 38.9 Å². The van der Waals surface area contributed by atoms with Crippen molar-refractivity contribution in [1.82, 2.24) is 9.38 Å². The number of pyridine rings is 2. The van der Waals surface area contributed by atoms with E-state index in [0.717, 1.165) is 10.8 Å². The van der Waals surface area contributed by atoms with E-state index in [1.165, 1.54) is 27.4 Å². The van der Waals surface area contributed by atoms with E-state index in [1.54, 1.807) is 53.1 Å². The van der Waals surface area contributed by atoms with E-state index in [9.17, 15) is 20.1 Å². The topological polar surface area (TPSA) is 126 Å². The van der Waals surface area contributed by atoms with Crippen LogP contribution in [0.4, 0.5) is 0 Å². The van der Waals surface area contributed by atoms with Crippen molar-refractivity contribution in [3.8, 4) is 45.6 Å². The largest absolute Gasteiger partial charge is 0.504 e. The summed E-state index contributed by atoms with van der Waals surface area (Å²) in [6.45, 7) is 0. The zero-order chi connectivity index (χ0) is 26.0. The number of aromatic hydroxyl groups is 3. The number of ether oxygens (including phenoxy) is 3. The quantitative estimate of drug-likeness (QED) is 0.272. The van der Waals surface area contributed by atoms with Crippen LogP contribution in [0.1, 0.15) is 0 Å². The lowest BCUT2D eigenvalue weighted by Crippen LogP contribution is -2.08. The number of rotatable bonds is 4. The van der Waals surface area contributed by atoms with Gasteiger partial charge in [-0.2, -0.15) is 0 Å². The van der Waals surface area contributed by atoms with Crippen LogP contribution in [0, 0.1) is 0 Å². The van der Waals surface area contributed by atoms with Crippen LogP contribution in [0.3, 0.4) is 0 Å². The standard InChI is InChI=1S/C28H22N2O7/c1-35-21-5-4-14(9-18(21)31)24-25-16-11-23(37-3)20(33)12-17(16)29-28(34)27(25)30-7-6-13-8-19(32)22(36-2)10-15(13)26(24)30/h4-12,31-33H,1-3H3,(H,29,34). The van der Waals surface area contributed by atoms with Crippen LogP contribution in [0.15, 0.2) is 59.5 Å². The molecule has 37 heavy (non-hydrogen) atoms. The van der Waals surface area contributed by atoms with Crippen molar-refractivity contribution in [2.45, 2.75) is 0 Å². The molecule has 6 aromatic rings. The molecule has 0 unspecified atom stereocenters. The Balaban J connectivity index is 1.93. The van der Waals surface area contributed by atoms with E-state index in [4.69, 9.17) is 14.2 Å². The molecule has 9 heteroatoms. The number of fused-ring (bicyclic) bond motifs is 7. The van der Waals surface area contributed by atoms with Gasteiger partial charge in [-0.25, -0.2) is 0 Å². The molecule has 6 rings (SSSR count). The zero-order valence-electron chi connectivity index (χ0n) is 20.1. The summed E-state index contributed by atoms with van der Waals surface area (Å²) in [5.41, 5.74) is 2.38. The normalized spacial score (nSPS) is 11.5. The molecular weight excluding hydrogens is 476 g/mol. The molecule has 186 valence electrons. The molecule has 0 aliphatic rings.